The fourth-order valence-electron chi connectivity index (χ4n) is 4.48. The molecule has 0 spiro atoms. The van der Waals surface area contributed by atoms with Gasteiger partial charge in [0.05, 0.1) is 0 Å². The number of rotatable bonds is 5. The summed E-state index contributed by atoms with van der Waals surface area (Å²) in [5.41, 5.74) is 0. The van der Waals surface area contributed by atoms with E-state index < -0.39 is 0 Å². The first-order valence-corrected chi connectivity index (χ1v) is 8.69. The van der Waals surface area contributed by atoms with Gasteiger partial charge in [0.25, 0.3) is 0 Å². The van der Waals surface area contributed by atoms with Gasteiger partial charge in [-0.05, 0) is 56.3 Å². The molecular weight excluding hydrogens is 250 g/mol. The maximum Gasteiger partial charge on any atom is 0.223 e. The van der Waals surface area contributed by atoms with E-state index in [4.69, 9.17) is 5.11 Å². The molecule has 0 saturated heterocycles. The summed E-state index contributed by atoms with van der Waals surface area (Å²) in [4.78, 5) is 12.5. The molecule has 0 heterocycles. The van der Waals surface area contributed by atoms with Crippen LogP contribution in [0.1, 0.15) is 64.2 Å². The van der Waals surface area contributed by atoms with Crippen molar-refractivity contribution < 1.29 is 9.90 Å². The Morgan fingerprint density at radius 3 is 2.50 bits per heavy atom. The smallest absolute Gasteiger partial charge is 0.223 e. The second-order valence-electron chi connectivity index (χ2n) is 7.28. The number of amides is 1. The third-order valence-electron chi connectivity index (χ3n) is 5.87. The van der Waals surface area contributed by atoms with E-state index in [0.29, 0.717) is 5.92 Å². The number of hydrogen-bond acceptors (Lipinski definition) is 2. The zero-order chi connectivity index (χ0) is 13.9. The van der Waals surface area contributed by atoms with Gasteiger partial charge in [0.15, 0.2) is 0 Å². The lowest BCUT2D eigenvalue weighted by atomic mass is 9.67. The Hall–Kier alpha value is -0.570. The highest BCUT2D eigenvalue weighted by atomic mass is 16.3. The minimum absolute atomic E-state index is 0.191. The molecule has 3 heteroatoms. The summed E-state index contributed by atoms with van der Waals surface area (Å²) in [7, 11) is 0. The van der Waals surface area contributed by atoms with Crippen molar-refractivity contribution in [3.63, 3.8) is 0 Å². The van der Waals surface area contributed by atoms with Crippen molar-refractivity contribution in [3.05, 3.63) is 0 Å². The maximum atomic E-state index is 12.5. The van der Waals surface area contributed by atoms with Gasteiger partial charge < -0.3 is 10.4 Å². The Bertz CT molecular complexity index is 340. The zero-order valence-electron chi connectivity index (χ0n) is 12.5. The van der Waals surface area contributed by atoms with E-state index in [1.54, 1.807) is 0 Å². The molecule has 20 heavy (non-hydrogen) atoms. The van der Waals surface area contributed by atoms with Crippen LogP contribution < -0.4 is 5.32 Å². The number of carbonyl (C=O) groups is 1. The lowest BCUT2D eigenvalue weighted by molar-refractivity contribution is -0.128. The highest BCUT2D eigenvalue weighted by molar-refractivity contribution is 5.79. The molecule has 3 saturated carbocycles. The van der Waals surface area contributed by atoms with Gasteiger partial charge in [0.2, 0.25) is 5.91 Å². The summed E-state index contributed by atoms with van der Waals surface area (Å²) in [5, 5.41) is 12.4. The predicted octanol–water partition coefficient (Wildman–Crippen LogP) is 2.87. The van der Waals surface area contributed by atoms with Gasteiger partial charge in [-0.25, -0.2) is 0 Å². The lowest BCUT2D eigenvalue weighted by Gasteiger charge is -2.39. The molecular formula is C17H29NO2. The molecule has 114 valence electrons. The van der Waals surface area contributed by atoms with Crippen molar-refractivity contribution >= 4 is 5.91 Å². The van der Waals surface area contributed by atoms with Crippen molar-refractivity contribution in [2.45, 2.75) is 70.3 Å². The van der Waals surface area contributed by atoms with Gasteiger partial charge in [-0.1, -0.05) is 25.7 Å². The summed E-state index contributed by atoms with van der Waals surface area (Å²) in [6.45, 7) is 0.191. The van der Waals surface area contributed by atoms with E-state index in [1.807, 2.05) is 0 Å². The molecule has 0 aliphatic heterocycles. The zero-order valence-corrected chi connectivity index (χ0v) is 12.5. The minimum Gasteiger partial charge on any atom is -0.396 e. The van der Waals surface area contributed by atoms with Crippen LogP contribution in [0, 0.1) is 23.7 Å². The van der Waals surface area contributed by atoms with Crippen molar-refractivity contribution in [3.8, 4) is 0 Å². The summed E-state index contributed by atoms with van der Waals surface area (Å²) in [6, 6.07) is 0.233. The molecule has 0 bridgehead atoms. The first-order valence-electron chi connectivity index (χ1n) is 8.69. The van der Waals surface area contributed by atoms with Crippen LogP contribution in [0.15, 0.2) is 0 Å². The summed E-state index contributed by atoms with van der Waals surface area (Å²) in [6.07, 6.45) is 12.2. The van der Waals surface area contributed by atoms with Gasteiger partial charge in [-0.2, -0.15) is 0 Å². The number of hydrogen-bond donors (Lipinski definition) is 2. The number of aliphatic hydroxyl groups is 1. The summed E-state index contributed by atoms with van der Waals surface area (Å²) < 4.78 is 0. The molecule has 3 rings (SSSR count). The Balaban J connectivity index is 1.51. The minimum atomic E-state index is 0.191. The van der Waals surface area contributed by atoms with E-state index in [1.165, 1.54) is 44.9 Å². The normalized spacial score (nSPS) is 35.1. The standard InChI is InChI=1S/C17H29NO2/c19-10-9-16(13-6-7-13)18-17(20)15-8-5-12-3-1-2-4-14(12)11-15/h12-16,19H,1-11H2,(H,18,20). The topological polar surface area (TPSA) is 49.3 Å². The third-order valence-corrected chi connectivity index (χ3v) is 5.87. The Morgan fingerprint density at radius 1 is 1.05 bits per heavy atom. The number of carbonyl (C=O) groups excluding carboxylic acids is 1. The van der Waals surface area contributed by atoms with Crippen LogP contribution in [0.2, 0.25) is 0 Å². The number of aliphatic hydroxyl groups excluding tert-OH is 1. The van der Waals surface area contributed by atoms with Crippen molar-refractivity contribution in [2.75, 3.05) is 6.61 Å². The lowest BCUT2D eigenvalue weighted by Crippen LogP contribution is -2.43. The van der Waals surface area contributed by atoms with Crippen molar-refractivity contribution in [2.24, 2.45) is 23.7 Å². The van der Waals surface area contributed by atoms with Crippen LogP contribution in [-0.2, 0) is 4.79 Å². The molecule has 2 N–H and O–H groups in total. The van der Waals surface area contributed by atoms with E-state index in [-0.39, 0.29) is 24.5 Å². The fourth-order valence-corrected chi connectivity index (χ4v) is 4.48. The summed E-state index contributed by atoms with van der Waals surface area (Å²) >= 11 is 0. The van der Waals surface area contributed by atoms with Gasteiger partial charge in [0, 0.05) is 18.6 Å². The quantitative estimate of drug-likeness (QED) is 0.813. The molecule has 4 unspecified atom stereocenters. The van der Waals surface area contributed by atoms with Gasteiger partial charge in [-0.3, -0.25) is 4.79 Å². The van der Waals surface area contributed by atoms with Gasteiger partial charge in [0.1, 0.15) is 0 Å². The van der Waals surface area contributed by atoms with E-state index in [2.05, 4.69) is 5.32 Å². The van der Waals surface area contributed by atoms with Gasteiger partial charge >= 0.3 is 0 Å². The highest BCUT2D eigenvalue weighted by Gasteiger charge is 2.37. The molecule has 0 aromatic heterocycles. The molecule has 4 atom stereocenters. The molecule has 3 nitrogen and oxygen atoms in total. The molecule has 0 aromatic rings. The SMILES string of the molecule is O=C(NC(CCO)C1CC1)C1CCC2CCCCC2C1. The first-order chi connectivity index (χ1) is 9.78. The second-order valence-corrected chi connectivity index (χ2v) is 7.28. The van der Waals surface area contributed by atoms with E-state index in [0.717, 1.165) is 31.1 Å². The largest absolute Gasteiger partial charge is 0.396 e. The molecule has 3 aliphatic rings. The van der Waals surface area contributed by atoms with Crippen LogP contribution in [-0.4, -0.2) is 23.7 Å². The average molecular weight is 279 g/mol. The number of fused-ring (bicyclic) bond motifs is 1. The molecule has 3 aliphatic carbocycles. The molecule has 0 radical (unpaired) electrons. The monoisotopic (exact) mass is 279 g/mol. The fraction of sp³-hybridized carbons (Fsp3) is 0.941. The first kappa shape index (κ1) is 14.4. The highest BCUT2D eigenvalue weighted by Crippen LogP contribution is 2.43. The summed E-state index contributed by atoms with van der Waals surface area (Å²) in [5.74, 6) is 2.88. The average Bonchev–Trinajstić information content (AvgIpc) is 3.31. The van der Waals surface area contributed by atoms with Crippen LogP contribution in [0.5, 0.6) is 0 Å². The molecule has 0 aromatic carbocycles. The second kappa shape index (κ2) is 6.46. The van der Waals surface area contributed by atoms with Crippen molar-refractivity contribution in [1.29, 1.82) is 0 Å². The molecule has 1 amide bonds. The van der Waals surface area contributed by atoms with Crippen LogP contribution in [0.4, 0.5) is 0 Å². The third kappa shape index (κ3) is 3.36. The maximum absolute atomic E-state index is 12.5. The van der Waals surface area contributed by atoms with Crippen molar-refractivity contribution in [1.82, 2.24) is 5.32 Å². The van der Waals surface area contributed by atoms with Gasteiger partial charge in [-0.15, -0.1) is 0 Å². The number of nitrogens with one attached hydrogen (secondary N) is 1. The van der Waals surface area contributed by atoms with E-state index in [9.17, 15) is 4.79 Å². The Labute approximate surface area is 122 Å². The van der Waals surface area contributed by atoms with Crippen LogP contribution in [0.3, 0.4) is 0 Å². The Kier molecular flexibility index (Phi) is 4.65. The van der Waals surface area contributed by atoms with Crippen LogP contribution >= 0.6 is 0 Å². The molecule has 3 fully saturated rings. The van der Waals surface area contributed by atoms with E-state index >= 15 is 0 Å². The predicted molar refractivity (Wildman–Crippen MR) is 79.1 cm³/mol. The Morgan fingerprint density at radius 2 is 1.80 bits per heavy atom. The van der Waals surface area contributed by atoms with Crippen LogP contribution in [0.25, 0.3) is 0 Å².